The van der Waals surface area contributed by atoms with E-state index in [2.05, 4.69) is 10.6 Å². The van der Waals surface area contributed by atoms with Crippen molar-refractivity contribution in [2.24, 2.45) is 0 Å². The van der Waals surface area contributed by atoms with Gasteiger partial charge in [0.25, 0.3) is 5.91 Å². The number of hydrogen-bond acceptors (Lipinski definition) is 4. The third kappa shape index (κ3) is 5.57. The van der Waals surface area contributed by atoms with E-state index < -0.39 is 0 Å². The molecular weight excluding hydrogens is 316 g/mol. The number of nitrogens with one attached hydrogen (secondary N) is 2. The van der Waals surface area contributed by atoms with Crippen LogP contribution in [-0.4, -0.2) is 29.9 Å². The highest BCUT2D eigenvalue weighted by atomic mass is 33.1. The average molecular weight is 338 g/mol. The molecule has 0 bridgehead atoms. The quantitative estimate of drug-likeness (QED) is 0.588. The molecule has 2 rings (SSSR count). The fourth-order valence-corrected chi connectivity index (χ4v) is 5.36. The summed E-state index contributed by atoms with van der Waals surface area (Å²) in [7, 11) is 5.54. The van der Waals surface area contributed by atoms with Crippen molar-refractivity contribution >= 4 is 39.1 Å². The third-order valence-corrected chi connectivity index (χ3v) is 6.55. The van der Waals surface area contributed by atoms with Crippen LogP contribution < -0.4 is 10.6 Å². The molecule has 0 unspecified atom stereocenters. The van der Waals surface area contributed by atoms with Gasteiger partial charge in [0.1, 0.15) is 0 Å². The van der Waals surface area contributed by atoms with E-state index in [1.807, 2.05) is 21.6 Å². The van der Waals surface area contributed by atoms with Crippen molar-refractivity contribution in [2.75, 3.05) is 18.1 Å². The molecule has 0 aromatic heterocycles. The summed E-state index contributed by atoms with van der Waals surface area (Å²) in [5.74, 6) is 1.13. The van der Waals surface area contributed by atoms with Crippen molar-refractivity contribution in [2.45, 2.75) is 37.4 Å². The van der Waals surface area contributed by atoms with Crippen LogP contribution in [0.15, 0.2) is 24.3 Å². The monoisotopic (exact) mass is 338 g/mol. The molecule has 0 radical (unpaired) electrons. The lowest BCUT2D eigenvalue weighted by Crippen LogP contribution is -2.18. The summed E-state index contributed by atoms with van der Waals surface area (Å²) in [6, 6.07) is 7.00. The molecule has 1 aromatic carbocycles. The second-order valence-electron chi connectivity index (χ2n) is 5.28. The molecule has 1 fully saturated rings. The summed E-state index contributed by atoms with van der Waals surface area (Å²) in [4.78, 5) is 23.5. The largest absolute Gasteiger partial charge is 0.355 e. The molecule has 0 spiro atoms. The maximum absolute atomic E-state index is 11.9. The van der Waals surface area contributed by atoms with Crippen LogP contribution in [0, 0.1) is 0 Å². The zero-order valence-electron chi connectivity index (χ0n) is 12.8. The highest BCUT2D eigenvalue weighted by Gasteiger charge is 2.15. The summed E-state index contributed by atoms with van der Waals surface area (Å²) in [6.07, 6.45) is 5.06. The molecule has 120 valence electrons. The highest BCUT2D eigenvalue weighted by Crippen LogP contribution is 2.39. The first-order chi connectivity index (χ1) is 10.7. The Morgan fingerprint density at radius 2 is 2.18 bits per heavy atom. The topological polar surface area (TPSA) is 58.2 Å². The molecule has 1 saturated heterocycles. The van der Waals surface area contributed by atoms with Crippen LogP contribution in [0.2, 0.25) is 0 Å². The molecule has 1 aromatic rings. The Morgan fingerprint density at radius 1 is 1.32 bits per heavy atom. The van der Waals surface area contributed by atoms with Crippen molar-refractivity contribution < 1.29 is 9.59 Å². The molecule has 4 nitrogen and oxygen atoms in total. The first-order valence-electron chi connectivity index (χ1n) is 7.59. The van der Waals surface area contributed by atoms with Crippen LogP contribution in [0.4, 0.5) is 5.69 Å². The fourth-order valence-electron chi connectivity index (χ4n) is 2.33. The zero-order chi connectivity index (χ0) is 15.8. The van der Waals surface area contributed by atoms with Crippen molar-refractivity contribution in [3.05, 3.63) is 29.8 Å². The van der Waals surface area contributed by atoms with Gasteiger partial charge in [-0.1, -0.05) is 34.1 Å². The van der Waals surface area contributed by atoms with Gasteiger partial charge in [-0.3, -0.25) is 9.59 Å². The van der Waals surface area contributed by atoms with Gasteiger partial charge >= 0.3 is 0 Å². The van der Waals surface area contributed by atoms with Gasteiger partial charge in [0.15, 0.2) is 0 Å². The van der Waals surface area contributed by atoms with Gasteiger partial charge in [-0.25, -0.2) is 0 Å². The van der Waals surface area contributed by atoms with Crippen molar-refractivity contribution in [1.82, 2.24) is 5.32 Å². The van der Waals surface area contributed by atoms with Gasteiger partial charge in [0.2, 0.25) is 5.91 Å². The number of benzene rings is 1. The third-order valence-electron chi connectivity index (χ3n) is 3.54. The Labute approximate surface area is 139 Å². The van der Waals surface area contributed by atoms with E-state index in [0.717, 1.165) is 18.1 Å². The lowest BCUT2D eigenvalue weighted by atomic mass is 10.1. The molecular formula is C16H22N2O2S2. The number of carbonyl (C=O) groups is 2. The van der Waals surface area contributed by atoms with Gasteiger partial charge in [-0.2, -0.15) is 0 Å². The van der Waals surface area contributed by atoms with E-state index in [0.29, 0.717) is 17.7 Å². The van der Waals surface area contributed by atoms with Gasteiger partial charge in [0.05, 0.1) is 0 Å². The van der Waals surface area contributed by atoms with Crippen LogP contribution in [0.25, 0.3) is 0 Å². The van der Waals surface area contributed by atoms with Crippen LogP contribution in [0.1, 0.15) is 42.5 Å². The Balaban J connectivity index is 1.71. The van der Waals surface area contributed by atoms with Crippen molar-refractivity contribution in [3.63, 3.8) is 0 Å². The van der Waals surface area contributed by atoms with Gasteiger partial charge in [-0.15, -0.1) is 0 Å². The van der Waals surface area contributed by atoms with E-state index in [1.54, 1.807) is 31.3 Å². The molecule has 2 amide bonds. The Morgan fingerprint density at radius 3 is 2.91 bits per heavy atom. The van der Waals surface area contributed by atoms with E-state index in [4.69, 9.17) is 0 Å². The van der Waals surface area contributed by atoms with Crippen LogP contribution in [-0.2, 0) is 4.79 Å². The molecule has 2 N–H and O–H groups in total. The summed E-state index contributed by atoms with van der Waals surface area (Å²) >= 11 is 0. The summed E-state index contributed by atoms with van der Waals surface area (Å²) in [5.41, 5.74) is 1.23. The van der Waals surface area contributed by atoms with Crippen LogP contribution in [0.5, 0.6) is 0 Å². The predicted octanol–water partition coefficient (Wildman–Crippen LogP) is 3.70. The first kappa shape index (κ1) is 17.2. The number of unbranched alkanes of at least 4 members (excludes halogenated alkanes) is 1. The second-order valence-corrected chi connectivity index (χ2v) is 8.07. The zero-order valence-corrected chi connectivity index (χ0v) is 14.4. The van der Waals surface area contributed by atoms with E-state index in [1.165, 1.54) is 18.6 Å². The SMILES string of the molecule is CNC(=O)c1cccc(NC(=O)CCCC[C@H]2CCSS2)c1. The Hall–Kier alpha value is -1.14. The summed E-state index contributed by atoms with van der Waals surface area (Å²) < 4.78 is 0. The van der Waals surface area contributed by atoms with Crippen molar-refractivity contribution in [1.29, 1.82) is 0 Å². The first-order valence-corrected chi connectivity index (χ1v) is 9.97. The van der Waals surface area contributed by atoms with E-state index in [9.17, 15) is 9.59 Å². The maximum atomic E-state index is 11.9. The maximum Gasteiger partial charge on any atom is 0.251 e. The Bertz CT molecular complexity index is 517. The number of anilines is 1. The predicted molar refractivity (Wildman–Crippen MR) is 95.4 cm³/mol. The lowest BCUT2D eigenvalue weighted by molar-refractivity contribution is -0.116. The Kier molecular flexibility index (Phi) is 7.12. The minimum Gasteiger partial charge on any atom is -0.355 e. The van der Waals surface area contributed by atoms with Crippen LogP contribution in [0.3, 0.4) is 0 Å². The minimum absolute atomic E-state index is 0.0162. The summed E-state index contributed by atoms with van der Waals surface area (Å²) in [6.45, 7) is 0. The van der Waals surface area contributed by atoms with E-state index >= 15 is 0 Å². The van der Waals surface area contributed by atoms with Gasteiger partial charge in [0, 0.05) is 35.7 Å². The summed E-state index contributed by atoms with van der Waals surface area (Å²) in [5, 5.41) is 6.21. The smallest absolute Gasteiger partial charge is 0.251 e. The number of hydrogen-bond donors (Lipinski definition) is 2. The molecule has 1 atom stereocenters. The van der Waals surface area contributed by atoms with Gasteiger partial charge < -0.3 is 10.6 Å². The average Bonchev–Trinajstić information content (AvgIpc) is 3.04. The number of amides is 2. The molecule has 6 heteroatoms. The molecule has 22 heavy (non-hydrogen) atoms. The second kappa shape index (κ2) is 9.10. The molecule has 1 aliphatic rings. The molecule has 1 heterocycles. The fraction of sp³-hybridized carbons (Fsp3) is 0.500. The number of carbonyl (C=O) groups excluding carboxylic acids is 2. The van der Waals surface area contributed by atoms with Crippen molar-refractivity contribution in [3.8, 4) is 0 Å². The molecule has 0 aliphatic carbocycles. The molecule has 0 saturated carbocycles. The normalized spacial score (nSPS) is 17.2. The highest BCUT2D eigenvalue weighted by molar-refractivity contribution is 8.77. The lowest BCUT2D eigenvalue weighted by Gasteiger charge is -2.08. The van der Waals surface area contributed by atoms with E-state index in [-0.39, 0.29) is 11.8 Å². The standard InChI is InChI=1S/C16H22N2O2S2/c1-17-16(20)12-5-4-6-13(11-12)18-15(19)8-3-2-7-14-9-10-21-22-14/h4-6,11,14H,2-3,7-10H2,1H3,(H,17,20)(H,18,19)/t14-/m0/s1. The van der Waals surface area contributed by atoms with Crippen LogP contribution >= 0.6 is 21.6 Å². The minimum atomic E-state index is -0.150. The number of rotatable bonds is 7. The molecule has 1 aliphatic heterocycles. The van der Waals surface area contributed by atoms with Gasteiger partial charge in [-0.05, 0) is 37.5 Å².